The fourth-order valence-electron chi connectivity index (χ4n) is 4.82. The van der Waals surface area contributed by atoms with E-state index in [1.54, 1.807) is 11.0 Å². The number of hydrogen-bond acceptors (Lipinski definition) is 4. The van der Waals surface area contributed by atoms with Crippen molar-refractivity contribution in [1.29, 1.82) is 0 Å². The van der Waals surface area contributed by atoms with Gasteiger partial charge in [-0.25, -0.2) is 4.68 Å². The van der Waals surface area contributed by atoms with Crippen molar-refractivity contribution >= 4 is 33.4 Å². The highest BCUT2D eigenvalue weighted by Crippen LogP contribution is 2.23. The predicted octanol–water partition coefficient (Wildman–Crippen LogP) is 5.91. The summed E-state index contributed by atoms with van der Waals surface area (Å²) >= 11 is 6.16. The third-order valence-electron chi connectivity index (χ3n) is 6.60. The van der Waals surface area contributed by atoms with Gasteiger partial charge in [0.05, 0.1) is 11.0 Å². The monoisotopic (exact) mass is 492 g/mol. The zero-order valence-corrected chi connectivity index (χ0v) is 20.5. The number of nitrogens with zero attached hydrogens (tertiary/aromatic N) is 6. The van der Waals surface area contributed by atoms with Gasteiger partial charge in [0.25, 0.3) is 0 Å². The van der Waals surface area contributed by atoms with Crippen molar-refractivity contribution in [2.75, 3.05) is 0 Å². The molecule has 6 rings (SSSR count). The van der Waals surface area contributed by atoms with Gasteiger partial charge < -0.3 is 4.57 Å². The summed E-state index contributed by atoms with van der Waals surface area (Å²) in [6.45, 7) is 1.58. The number of rotatable bonds is 8. The van der Waals surface area contributed by atoms with Crippen LogP contribution in [-0.4, -0.2) is 29.8 Å². The van der Waals surface area contributed by atoms with Crippen molar-refractivity contribution in [3.8, 4) is 0 Å². The second-order valence-electron chi connectivity index (χ2n) is 9.08. The van der Waals surface area contributed by atoms with E-state index in [9.17, 15) is 0 Å². The van der Waals surface area contributed by atoms with Gasteiger partial charge in [-0.1, -0.05) is 66.2 Å². The first-order valence-corrected chi connectivity index (χ1v) is 12.5. The maximum Gasteiger partial charge on any atom is 0.138 e. The topological polar surface area (TPSA) is 61.4 Å². The Bertz CT molecular complexity index is 1640. The number of fused-ring (bicyclic) bond motifs is 2. The molecule has 0 fully saturated rings. The van der Waals surface area contributed by atoms with E-state index in [0.717, 1.165) is 54.0 Å². The molecule has 0 radical (unpaired) electrons. The Morgan fingerprint density at radius 2 is 1.67 bits per heavy atom. The normalized spacial score (nSPS) is 11.5. The summed E-state index contributed by atoms with van der Waals surface area (Å²) in [5.74, 6) is 0. The van der Waals surface area contributed by atoms with Crippen LogP contribution in [-0.2, 0) is 32.4 Å². The van der Waals surface area contributed by atoms with Crippen LogP contribution in [0, 0.1) is 0 Å². The molecule has 178 valence electrons. The van der Waals surface area contributed by atoms with Crippen LogP contribution in [0.3, 0.4) is 0 Å². The highest BCUT2D eigenvalue weighted by molar-refractivity contribution is 6.31. The summed E-state index contributed by atoms with van der Waals surface area (Å²) < 4.78 is 4.12. The van der Waals surface area contributed by atoms with Crippen molar-refractivity contribution in [3.63, 3.8) is 0 Å². The largest absolute Gasteiger partial charge is 0.343 e. The molecule has 6 nitrogen and oxygen atoms in total. The SMILES string of the molecule is Clc1ccc2ccc(CCc3cccc(Cn4ccc5cccc(CCn6cnnn6)c54)c3)nc2c1. The van der Waals surface area contributed by atoms with Crippen LogP contribution in [0.4, 0.5) is 0 Å². The Labute approximate surface area is 214 Å². The number of aromatic nitrogens is 6. The number of pyridine rings is 1. The van der Waals surface area contributed by atoms with Gasteiger partial charge in [-0.2, -0.15) is 0 Å². The molecule has 0 amide bonds. The second-order valence-corrected chi connectivity index (χ2v) is 9.52. The fraction of sp³-hybridized carbons (Fsp3) is 0.172. The molecule has 0 aliphatic heterocycles. The second kappa shape index (κ2) is 9.91. The average Bonchev–Trinajstić information content (AvgIpc) is 3.57. The molecule has 0 saturated heterocycles. The van der Waals surface area contributed by atoms with Crippen LogP contribution >= 0.6 is 11.6 Å². The Balaban J connectivity index is 1.18. The van der Waals surface area contributed by atoms with Gasteiger partial charge >= 0.3 is 0 Å². The average molecular weight is 493 g/mol. The highest BCUT2D eigenvalue weighted by atomic mass is 35.5. The summed E-state index contributed by atoms with van der Waals surface area (Å²) in [4.78, 5) is 4.81. The minimum atomic E-state index is 0.718. The summed E-state index contributed by atoms with van der Waals surface area (Å²) in [7, 11) is 0. The number of para-hydroxylation sites is 1. The van der Waals surface area contributed by atoms with Crippen LogP contribution in [0.1, 0.15) is 22.4 Å². The number of hydrogen-bond donors (Lipinski definition) is 0. The van der Waals surface area contributed by atoms with E-state index >= 15 is 0 Å². The maximum atomic E-state index is 6.16. The van der Waals surface area contributed by atoms with Crippen LogP contribution in [0.5, 0.6) is 0 Å². The molecule has 0 aliphatic rings. The first-order chi connectivity index (χ1) is 17.7. The third kappa shape index (κ3) is 4.86. The fourth-order valence-corrected chi connectivity index (χ4v) is 4.98. The Hall–Kier alpha value is -4.03. The molecule has 0 bridgehead atoms. The lowest BCUT2D eigenvalue weighted by Gasteiger charge is -2.11. The number of benzene rings is 3. The van der Waals surface area contributed by atoms with Crippen LogP contribution in [0.2, 0.25) is 5.02 Å². The van der Waals surface area contributed by atoms with E-state index in [0.29, 0.717) is 0 Å². The Morgan fingerprint density at radius 1 is 0.778 bits per heavy atom. The molecule has 0 N–H and O–H groups in total. The number of aryl methyl sites for hydroxylation is 4. The minimum absolute atomic E-state index is 0.718. The lowest BCUT2D eigenvalue weighted by Crippen LogP contribution is -2.05. The van der Waals surface area contributed by atoms with Gasteiger partial charge in [-0.3, -0.25) is 4.98 Å². The van der Waals surface area contributed by atoms with Crippen LogP contribution in [0.15, 0.2) is 91.4 Å². The Kier molecular flexibility index (Phi) is 6.18. The van der Waals surface area contributed by atoms with Gasteiger partial charge in [0.1, 0.15) is 6.33 Å². The summed E-state index contributed by atoms with van der Waals surface area (Å²) in [6, 6.07) is 27.6. The van der Waals surface area contributed by atoms with E-state index < -0.39 is 0 Å². The molecule has 6 aromatic rings. The molecule has 36 heavy (non-hydrogen) atoms. The van der Waals surface area contributed by atoms with Gasteiger partial charge in [0, 0.05) is 35.4 Å². The van der Waals surface area contributed by atoms with Crippen molar-refractivity contribution in [1.82, 2.24) is 29.8 Å². The van der Waals surface area contributed by atoms with Crippen molar-refractivity contribution < 1.29 is 0 Å². The van der Waals surface area contributed by atoms with E-state index in [-0.39, 0.29) is 0 Å². The predicted molar refractivity (Wildman–Crippen MR) is 143 cm³/mol. The quantitative estimate of drug-likeness (QED) is 0.265. The molecule has 7 heteroatoms. The van der Waals surface area contributed by atoms with Gasteiger partial charge in [-0.15, -0.1) is 5.10 Å². The van der Waals surface area contributed by atoms with E-state index in [1.807, 2.05) is 18.2 Å². The molecular weight excluding hydrogens is 468 g/mol. The minimum Gasteiger partial charge on any atom is -0.343 e. The van der Waals surface area contributed by atoms with Crippen molar-refractivity contribution in [2.24, 2.45) is 0 Å². The first kappa shape index (κ1) is 22.4. The third-order valence-corrected chi connectivity index (χ3v) is 6.83. The molecule has 0 saturated carbocycles. The maximum absolute atomic E-state index is 6.16. The first-order valence-electron chi connectivity index (χ1n) is 12.1. The zero-order chi connectivity index (χ0) is 24.3. The highest BCUT2D eigenvalue weighted by Gasteiger charge is 2.09. The summed E-state index contributed by atoms with van der Waals surface area (Å²) in [5, 5.41) is 14.6. The van der Waals surface area contributed by atoms with E-state index in [2.05, 4.69) is 87.0 Å². The molecule has 3 aromatic carbocycles. The van der Waals surface area contributed by atoms with Gasteiger partial charge in [0.2, 0.25) is 0 Å². The molecule has 0 spiro atoms. The van der Waals surface area contributed by atoms with Gasteiger partial charge in [0.15, 0.2) is 0 Å². The lowest BCUT2D eigenvalue weighted by atomic mass is 10.0. The smallest absolute Gasteiger partial charge is 0.138 e. The summed E-state index contributed by atoms with van der Waals surface area (Å²) in [5.41, 5.74) is 7.21. The number of tetrazole rings is 1. The molecule has 0 aliphatic carbocycles. The molecule has 0 unspecified atom stereocenters. The van der Waals surface area contributed by atoms with E-state index in [4.69, 9.17) is 16.6 Å². The van der Waals surface area contributed by atoms with Crippen molar-refractivity contribution in [3.05, 3.63) is 119 Å². The standard InChI is InChI=1S/C29H25ClN6/c30-26-10-8-23-9-12-27(32-28(23)18-26)11-7-21-3-1-4-22(17-21)19-35-15-13-24-5-2-6-25(29(24)35)14-16-36-20-31-33-34-36/h1-6,8-10,12-13,15,17-18,20H,7,11,14,16,19H2. The molecule has 3 heterocycles. The Morgan fingerprint density at radius 3 is 2.58 bits per heavy atom. The molecule has 0 atom stereocenters. The van der Waals surface area contributed by atoms with E-state index in [1.165, 1.54) is 27.6 Å². The van der Waals surface area contributed by atoms with Crippen LogP contribution < -0.4 is 0 Å². The molecular formula is C29H25ClN6. The lowest BCUT2D eigenvalue weighted by molar-refractivity contribution is 0.589. The molecule has 3 aromatic heterocycles. The number of halogens is 1. The van der Waals surface area contributed by atoms with Crippen LogP contribution in [0.25, 0.3) is 21.8 Å². The zero-order valence-electron chi connectivity index (χ0n) is 19.8. The van der Waals surface area contributed by atoms with Crippen molar-refractivity contribution in [2.45, 2.75) is 32.4 Å². The summed E-state index contributed by atoms with van der Waals surface area (Å²) in [6.07, 6.45) is 6.54. The van der Waals surface area contributed by atoms with Gasteiger partial charge in [-0.05, 0) is 76.0 Å².